The Bertz CT molecular complexity index is 1090. The highest BCUT2D eigenvalue weighted by molar-refractivity contribution is 6.46. The first kappa shape index (κ1) is 26.0. The molecule has 186 valence electrons. The maximum atomic E-state index is 13.2. The second kappa shape index (κ2) is 11.7. The number of carbonyl (C=O) groups excluding carboxylic acids is 2. The van der Waals surface area contributed by atoms with Crippen molar-refractivity contribution in [2.75, 3.05) is 33.8 Å². The molecule has 0 aliphatic carbocycles. The molecule has 1 heterocycles. The zero-order valence-electron chi connectivity index (χ0n) is 20.9. The van der Waals surface area contributed by atoms with Crippen LogP contribution < -0.4 is 9.47 Å². The molecule has 1 fully saturated rings. The van der Waals surface area contributed by atoms with E-state index in [9.17, 15) is 14.7 Å². The number of aliphatic hydroxyl groups is 1. The number of rotatable bonds is 11. The topological polar surface area (TPSA) is 79.3 Å². The Kier molecular flexibility index (Phi) is 8.71. The van der Waals surface area contributed by atoms with E-state index in [2.05, 4.69) is 6.58 Å². The highest BCUT2D eigenvalue weighted by Crippen LogP contribution is 2.40. The number of carbonyl (C=O) groups is 2. The molecule has 0 saturated carbocycles. The number of hydrogen-bond acceptors (Lipinski definition) is 6. The normalized spacial score (nSPS) is 17.3. The number of Topliss-reactive ketones (excluding diaryl/α,β-unsaturated/α-hetero) is 1. The zero-order chi connectivity index (χ0) is 25.5. The van der Waals surface area contributed by atoms with Crippen LogP contribution in [0.1, 0.15) is 37.4 Å². The van der Waals surface area contributed by atoms with Crippen molar-refractivity contribution in [3.05, 3.63) is 77.9 Å². The van der Waals surface area contributed by atoms with Gasteiger partial charge in [-0.1, -0.05) is 24.8 Å². The van der Waals surface area contributed by atoms with Gasteiger partial charge in [0.05, 0.1) is 17.7 Å². The summed E-state index contributed by atoms with van der Waals surface area (Å²) < 4.78 is 11.4. The van der Waals surface area contributed by atoms with Gasteiger partial charge in [-0.15, -0.1) is 0 Å². The van der Waals surface area contributed by atoms with Gasteiger partial charge in [-0.2, -0.15) is 0 Å². The van der Waals surface area contributed by atoms with Crippen molar-refractivity contribution in [3.63, 3.8) is 0 Å². The lowest BCUT2D eigenvalue weighted by Gasteiger charge is -2.26. The molecule has 1 atom stereocenters. The maximum absolute atomic E-state index is 13.2. The largest absolute Gasteiger partial charge is 0.507 e. The molecule has 0 bridgehead atoms. The highest BCUT2D eigenvalue weighted by Gasteiger charge is 2.45. The van der Waals surface area contributed by atoms with E-state index in [1.807, 2.05) is 45.0 Å². The van der Waals surface area contributed by atoms with E-state index >= 15 is 0 Å². The molecule has 0 radical (unpaired) electrons. The molecule has 1 N–H and O–H groups in total. The minimum Gasteiger partial charge on any atom is -0.507 e. The Morgan fingerprint density at radius 2 is 1.86 bits per heavy atom. The molecule has 2 aromatic carbocycles. The van der Waals surface area contributed by atoms with Gasteiger partial charge in [0.1, 0.15) is 23.9 Å². The first-order chi connectivity index (χ1) is 16.7. The second-order valence-corrected chi connectivity index (χ2v) is 9.01. The molecule has 7 nitrogen and oxygen atoms in total. The molecule has 7 heteroatoms. The van der Waals surface area contributed by atoms with Crippen molar-refractivity contribution in [3.8, 4) is 11.5 Å². The number of nitrogens with zero attached hydrogens (tertiary/aromatic N) is 2. The second-order valence-electron chi connectivity index (χ2n) is 9.01. The number of likely N-dealkylation sites (tertiary alicyclic amines) is 1. The number of ketones is 1. The zero-order valence-corrected chi connectivity index (χ0v) is 20.9. The van der Waals surface area contributed by atoms with Crippen LogP contribution in [0.15, 0.2) is 66.8 Å². The van der Waals surface area contributed by atoms with Crippen LogP contribution in [0.3, 0.4) is 0 Å². The van der Waals surface area contributed by atoms with Crippen molar-refractivity contribution in [2.45, 2.75) is 32.4 Å². The van der Waals surface area contributed by atoms with Gasteiger partial charge >= 0.3 is 0 Å². The summed E-state index contributed by atoms with van der Waals surface area (Å²) in [6, 6.07) is 13.4. The molecule has 3 rings (SSSR count). The Hall–Kier alpha value is -3.58. The predicted octanol–water partition coefficient (Wildman–Crippen LogP) is 4.41. The molecular weight excluding hydrogens is 444 g/mol. The quantitative estimate of drug-likeness (QED) is 0.223. The van der Waals surface area contributed by atoms with Crippen molar-refractivity contribution in [1.29, 1.82) is 0 Å². The fraction of sp³-hybridized carbons (Fsp3) is 0.357. The molecule has 1 saturated heterocycles. The smallest absolute Gasteiger partial charge is 0.295 e. The summed E-state index contributed by atoms with van der Waals surface area (Å²) in [5, 5.41) is 11.2. The number of aliphatic hydroxyl groups excluding tert-OH is 1. The third kappa shape index (κ3) is 6.31. The van der Waals surface area contributed by atoms with Crippen LogP contribution >= 0.6 is 0 Å². The highest BCUT2D eigenvalue weighted by atomic mass is 16.5. The van der Waals surface area contributed by atoms with Crippen LogP contribution in [0.25, 0.3) is 5.76 Å². The number of hydrogen-bond donors (Lipinski definition) is 1. The van der Waals surface area contributed by atoms with Gasteiger partial charge in [0.2, 0.25) is 0 Å². The van der Waals surface area contributed by atoms with E-state index in [0.29, 0.717) is 42.2 Å². The molecule has 2 aromatic rings. The molecule has 0 aromatic heterocycles. The summed E-state index contributed by atoms with van der Waals surface area (Å²) in [5.41, 5.74) is 1.20. The van der Waals surface area contributed by atoms with Crippen LogP contribution in [0, 0.1) is 0 Å². The van der Waals surface area contributed by atoms with Crippen LogP contribution in [0.2, 0.25) is 0 Å². The predicted molar refractivity (Wildman–Crippen MR) is 137 cm³/mol. The van der Waals surface area contributed by atoms with E-state index in [1.54, 1.807) is 47.4 Å². The Morgan fingerprint density at radius 3 is 2.49 bits per heavy atom. The van der Waals surface area contributed by atoms with E-state index in [1.165, 1.54) is 0 Å². The van der Waals surface area contributed by atoms with E-state index < -0.39 is 17.7 Å². The van der Waals surface area contributed by atoms with Crippen LogP contribution in [-0.2, 0) is 9.59 Å². The number of amides is 1. The summed E-state index contributed by atoms with van der Waals surface area (Å²) in [6.07, 6.45) is 2.34. The standard InChI is InChI=1S/C28H34N2O5/c1-6-17-34-23-10-7-9-21(18-23)25-24(27(32)28(33)30(25)16-8-15-29(4)5)26(31)20-11-13-22(14-12-20)35-19(2)3/h6-7,9-14,18-19,25,31H,1,8,15-17H2,2-5H3. The van der Waals surface area contributed by atoms with Gasteiger partial charge in [0.15, 0.2) is 0 Å². The first-order valence-electron chi connectivity index (χ1n) is 11.8. The third-order valence-electron chi connectivity index (χ3n) is 5.59. The Labute approximate surface area is 207 Å². The van der Waals surface area contributed by atoms with Gasteiger partial charge in [-0.3, -0.25) is 9.59 Å². The SMILES string of the molecule is C=CCOc1cccc(C2C(=C(O)c3ccc(OC(C)C)cc3)C(=O)C(=O)N2CCCN(C)C)c1. The Balaban J connectivity index is 2.05. The lowest BCUT2D eigenvalue weighted by atomic mass is 9.95. The lowest BCUT2D eigenvalue weighted by molar-refractivity contribution is -0.139. The Morgan fingerprint density at radius 1 is 1.14 bits per heavy atom. The molecule has 1 amide bonds. The van der Waals surface area contributed by atoms with Crippen molar-refractivity contribution in [1.82, 2.24) is 9.80 Å². The third-order valence-corrected chi connectivity index (χ3v) is 5.59. The van der Waals surface area contributed by atoms with E-state index in [0.717, 1.165) is 6.54 Å². The molecule has 35 heavy (non-hydrogen) atoms. The van der Waals surface area contributed by atoms with Gasteiger partial charge in [-0.25, -0.2) is 0 Å². The minimum atomic E-state index is -0.726. The molecule has 1 aliphatic heterocycles. The summed E-state index contributed by atoms with van der Waals surface area (Å²) in [5.74, 6) is -0.275. The molecule has 0 spiro atoms. The maximum Gasteiger partial charge on any atom is 0.295 e. The van der Waals surface area contributed by atoms with Gasteiger partial charge in [0, 0.05) is 12.1 Å². The summed E-state index contributed by atoms with van der Waals surface area (Å²) >= 11 is 0. The summed E-state index contributed by atoms with van der Waals surface area (Å²) in [4.78, 5) is 29.9. The van der Waals surface area contributed by atoms with Crippen LogP contribution in [0.4, 0.5) is 0 Å². The average molecular weight is 479 g/mol. The average Bonchev–Trinajstić information content (AvgIpc) is 3.07. The first-order valence-corrected chi connectivity index (χ1v) is 11.8. The van der Waals surface area contributed by atoms with E-state index in [4.69, 9.17) is 9.47 Å². The van der Waals surface area contributed by atoms with Crippen molar-refractivity contribution < 1.29 is 24.2 Å². The van der Waals surface area contributed by atoms with E-state index in [-0.39, 0.29) is 17.4 Å². The van der Waals surface area contributed by atoms with Gasteiger partial charge < -0.3 is 24.4 Å². The van der Waals surface area contributed by atoms with Crippen molar-refractivity contribution in [2.24, 2.45) is 0 Å². The fourth-order valence-corrected chi connectivity index (χ4v) is 4.06. The summed E-state index contributed by atoms with van der Waals surface area (Å²) in [6.45, 7) is 9.00. The number of benzene rings is 2. The molecular formula is C28H34N2O5. The monoisotopic (exact) mass is 478 g/mol. The molecule has 1 aliphatic rings. The number of ether oxygens (including phenoxy) is 2. The van der Waals surface area contributed by atoms with Crippen LogP contribution in [0.5, 0.6) is 11.5 Å². The minimum absolute atomic E-state index is 0.0116. The van der Waals surface area contributed by atoms with Crippen molar-refractivity contribution >= 4 is 17.4 Å². The summed E-state index contributed by atoms with van der Waals surface area (Å²) in [7, 11) is 3.91. The van der Waals surface area contributed by atoms with Gasteiger partial charge in [-0.05, 0) is 82.9 Å². The lowest BCUT2D eigenvalue weighted by Crippen LogP contribution is -2.32. The van der Waals surface area contributed by atoms with Crippen LogP contribution in [-0.4, -0.2) is 66.5 Å². The van der Waals surface area contributed by atoms with Gasteiger partial charge in [0.25, 0.3) is 11.7 Å². The molecule has 1 unspecified atom stereocenters. The fourth-order valence-electron chi connectivity index (χ4n) is 4.06.